The number of amides is 2. The van der Waals surface area contributed by atoms with Gasteiger partial charge in [0.1, 0.15) is 5.75 Å². The van der Waals surface area contributed by atoms with E-state index in [1.165, 1.54) is 4.90 Å². The van der Waals surface area contributed by atoms with Crippen LogP contribution in [0.5, 0.6) is 5.75 Å². The molecule has 0 aromatic heterocycles. The molecule has 1 aromatic rings. The van der Waals surface area contributed by atoms with Crippen molar-refractivity contribution in [2.45, 2.75) is 26.4 Å². The van der Waals surface area contributed by atoms with E-state index < -0.39 is 5.60 Å². The van der Waals surface area contributed by atoms with Gasteiger partial charge in [0.2, 0.25) is 0 Å². The fraction of sp³-hybridized carbons (Fsp3) is 0.500. The number of likely N-dealkylation sites (N-methyl/N-ethyl adjacent to an activating group) is 1. The number of nitrogens with one attached hydrogen (secondary N) is 1. The number of benzene rings is 1. The summed E-state index contributed by atoms with van der Waals surface area (Å²) >= 11 is 3.36. The van der Waals surface area contributed by atoms with E-state index in [1.54, 1.807) is 33.0 Å². The first kappa shape index (κ1) is 16.8. The molecule has 112 valence electrons. The quantitative estimate of drug-likeness (QED) is 0.862. The third-order valence-electron chi connectivity index (χ3n) is 2.45. The fourth-order valence-electron chi connectivity index (χ4n) is 1.74. The highest BCUT2D eigenvalue weighted by Gasteiger charge is 2.20. The summed E-state index contributed by atoms with van der Waals surface area (Å²) in [6.45, 7) is 5.94. The summed E-state index contributed by atoms with van der Waals surface area (Å²) in [7, 11) is 1.63. The van der Waals surface area contributed by atoms with Gasteiger partial charge >= 0.3 is 6.03 Å². The Bertz CT molecular complexity index is 472. The van der Waals surface area contributed by atoms with E-state index in [0.717, 1.165) is 4.47 Å². The van der Waals surface area contributed by atoms with Gasteiger partial charge in [-0.25, -0.2) is 4.79 Å². The molecule has 6 heteroatoms. The fourth-order valence-corrected chi connectivity index (χ4v) is 2.11. The van der Waals surface area contributed by atoms with Crippen LogP contribution in [-0.4, -0.2) is 41.8 Å². The highest BCUT2D eigenvalue weighted by atomic mass is 79.9. The van der Waals surface area contributed by atoms with Gasteiger partial charge in [-0.05, 0) is 39.0 Å². The standard InChI is InChI=1S/C14H21BrN2O3/c1-5-20-12-7-6-10(15)8-11(12)16-13(18)17(4)9-14(2,3)19/h6-8,19H,5,9H2,1-4H3,(H,16,18). The van der Waals surface area contributed by atoms with Gasteiger partial charge in [0, 0.05) is 11.5 Å². The third-order valence-corrected chi connectivity index (χ3v) is 2.95. The average Bonchev–Trinajstić information content (AvgIpc) is 2.30. The Balaban J connectivity index is 2.81. The Morgan fingerprint density at radius 2 is 2.15 bits per heavy atom. The highest BCUT2D eigenvalue weighted by Crippen LogP contribution is 2.28. The second-order valence-electron chi connectivity index (χ2n) is 5.17. The van der Waals surface area contributed by atoms with E-state index in [1.807, 2.05) is 13.0 Å². The van der Waals surface area contributed by atoms with Gasteiger partial charge in [-0.2, -0.15) is 0 Å². The molecule has 0 atom stereocenters. The van der Waals surface area contributed by atoms with Gasteiger partial charge in [-0.15, -0.1) is 0 Å². The largest absolute Gasteiger partial charge is 0.492 e. The lowest BCUT2D eigenvalue weighted by Gasteiger charge is -2.26. The minimum absolute atomic E-state index is 0.233. The summed E-state index contributed by atoms with van der Waals surface area (Å²) in [4.78, 5) is 13.5. The summed E-state index contributed by atoms with van der Waals surface area (Å²) in [5.74, 6) is 0.612. The SMILES string of the molecule is CCOc1ccc(Br)cc1NC(=O)N(C)CC(C)(C)O. The number of anilines is 1. The van der Waals surface area contributed by atoms with Crippen molar-refractivity contribution < 1.29 is 14.6 Å². The predicted molar refractivity (Wildman–Crippen MR) is 83.3 cm³/mol. The predicted octanol–water partition coefficient (Wildman–Crippen LogP) is 3.08. The minimum atomic E-state index is -0.938. The second kappa shape index (κ2) is 6.95. The molecule has 0 saturated carbocycles. The van der Waals surface area contributed by atoms with Crippen LogP contribution >= 0.6 is 15.9 Å². The lowest BCUT2D eigenvalue weighted by Crippen LogP contribution is -2.41. The molecule has 0 fully saturated rings. The molecular formula is C14H21BrN2O3. The summed E-state index contributed by atoms with van der Waals surface area (Å²) in [6, 6.07) is 5.12. The molecule has 0 saturated heterocycles. The monoisotopic (exact) mass is 344 g/mol. The molecule has 0 heterocycles. The molecule has 1 aromatic carbocycles. The van der Waals surface area contributed by atoms with Crippen molar-refractivity contribution in [2.75, 3.05) is 25.5 Å². The van der Waals surface area contributed by atoms with Gasteiger partial charge in [0.25, 0.3) is 0 Å². The maximum atomic E-state index is 12.1. The number of halogens is 1. The van der Waals surface area contributed by atoms with Crippen LogP contribution in [0.15, 0.2) is 22.7 Å². The topological polar surface area (TPSA) is 61.8 Å². The molecule has 0 aliphatic heterocycles. The van der Waals surface area contributed by atoms with Crippen molar-refractivity contribution in [2.24, 2.45) is 0 Å². The maximum absolute atomic E-state index is 12.1. The molecule has 1 rings (SSSR count). The van der Waals surface area contributed by atoms with Crippen LogP contribution in [0.1, 0.15) is 20.8 Å². The first-order valence-electron chi connectivity index (χ1n) is 6.40. The number of aliphatic hydroxyl groups is 1. The van der Waals surface area contributed by atoms with E-state index in [2.05, 4.69) is 21.2 Å². The number of hydrogen-bond donors (Lipinski definition) is 2. The number of rotatable bonds is 5. The van der Waals surface area contributed by atoms with Gasteiger partial charge in [-0.1, -0.05) is 15.9 Å². The Morgan fingerprint density at radius 1 is 1.50 bits per heavy atom. The molecule has 0 bridgehead atoms. The molecule has 2 amide bonds. The zero-order valence-corrected chi connectivity index (χ0v) is 13.8. The first-order chi connectivity index (χ1) is 9.23. The Kier molecular flexibility index (Phi) is 5.83. The van der Waals surface area contributed by atoms with Crippen LogP contribution in [0.4, 0.5) is 10.5 Å². The van der Waals surface area contributed by atoms with Gasteiger partial charge in [-0.3, -0.25) is 0 Å². The van der Waals surface area contributed by atoms with Crippen LogP contribution in [0, 0.1) is 0 Å². The third kappa shape index (κ3) is 5.38. The summed E-state index contributed by atoms with van der Waals surface area (Å²) in [6.07, 6.45) is 0. The van der Waals surface area contributed by atoms with Crippen molar-refractivity contribution in [1.82, 2.24) is 4.90 Å². The zero-order chi connectivity index (χ0) is 15.3. The molecular weight excluding hydrogens is 324 g/mol. The Morgan fingerprint density at radius 3 is 2.70 bits per heavy atom. The molecule has 20 heavy (non-hydrogen) atoms. The van der Waals surface area contributed by atoms with E-state index in [-0.39, 0.29) is 12.6 Å². The van der Waals surface area contributed by atoms with Gasteiger partial charge in [0.15, 0.2) is 0 Å². The van der Waals surface area contributed by atoms with Crippen molar-refractivity contribution >= 4 is 27.6 Å². The molecule has 0 radical (unpaired) electrons. The summed E-state index contributed by atoms with van der Waals surface area (Å²) in [5, 5.41) is 12.5. The molecule has 2 N–H and O–H groups in total. The Labute approximate surface area is 128 Å². The number of carbonyl (C=O) groups excluding carboxylic acids is 1. The van der Waals surface area contributed by atoms with Crippen LogP contribution in [0.3, 0.4) is 0 Å². The van der Waals surface area contributed by atoms with Gasteiger partial charge < -0.3 is 20.1 Å². The van der Waals surface area contributed by atoms with E-state index in [9.17, 15) is 9.90 Å². The van der Waals surface area contributed by atoms with Gasteiger partial charge in [0.05, 0.1) is 24.4 Å². The highest BCUT2D eigenvalue weighted by molar-refractivity contribution is 9.10. The molecule has 0 unspecified atom stereocenters. The zero-order valence-electron chi connectivity index (χ0n) is 12.2. The first-order valence-corrected chi connectivity index (χ1v) is 7.19. The number of nitrogens with zero attached hydrogens (tertiary/aromatic N) is 1. The lowest BCUT2D eigenvalue weighted by molar-refractivity contribution is 0.0550. The average molecular weight is 345 g/mol. The summed E-state index contributed by atoms with van der Waals surface area (Å²) in [5.41, 5.74) is -0.347. The molecule has 5 nitrogen and oxygen atoms in total. The molecule has 0 aliphatic rings. The second-order valence-corrected chi connectivity index (χ2v) is 6.09. The van der Waals surface area contributed by atoms with E-state index >= 15 is 0 Å². The van der Waals surface area contributed by atoms with Crippen LogP contribution in [-0.2, 0) is 0 Å². The Hall–Kier alpha value is -1.27. The normalized spacial score (nSPS) is 11.1. The number of urea groups is 1. The van der Waals surface area contributed by atoms with E-state index in [4.69, 9.17) is 4.74 Å². The number of carbonyl (C=O) groups is 1. The van der Waals surface area contributed by atoms with Crippen LogP contribution < -0.4 is 10.1 Å². The molecule has 0 spiro atoms. The van der Waals surface area contributed by atoms with Crippen molar-refractivity contribution in [3.05, 3.63) is 22.7 Å². The summed E-state index contributed by atoms with van der Waals surface area (Å²) < 4.78 is 6.32. The number of hydrogen-bond acceptors (Lipinski definition) is 3. The van der Waals surface area contributed by atoms with Crippen molar-refractivity contribution in [1.29, 1.82) is 0 Å². The number of ether oxygens (including phenoxy) is 1. The van der Waals surface area contributed by atoms with E-state index in [0.29, 0.717) is 18.0 Å². The lowest BCUT2D eigenvalue weighted by atomic mass is 10.1. The van der Waals surface area contributed by atoms with Crippen LogP contribution in [0.2, 0.25) is 0 Å². The van der Waals surface area contributed by atoms with Crippen molar-refractivity contribution in [3.8, 4) is 5.75 Å². The minimum Gasteiger partial charge on any atom is -0.492 e. The van der Waals surface area contributed by atoms with Crippen molar-refractivity contribution in [3.63, 3.8) is 0 Å². The van der Waals surface area contributed by atoms with Crippen LogP contribution in [0.25, 0.3) is 0 Å². The smallest absolute Gasteiger partial charge is 0.321 e. The molecule has 0 aliphatic carbocycles. The maximum Gasteiger partial charge on any atom is 0.321 e.